The van der Waals surface area contributed by atoms with Gasteiger partial charge in [0, 0.05) is 6.61 Å². The summed E-state index contributed by atoms with van der Waals surface area (Å²) in [6.07, 6.45) is 0.978. The fourth-order valence-electron chi connectivity index (χ4n) is 2.63. The number of nitrogens with two attached hydrogens (primary N) is 1. The summed E-state index contributed by atoms with van der Waals surface area (Å²) in [5.41, 5.74) is 9.97. The van der Waals surface area contributed by atoms with Gasteiger partial charge in [0.2, 0.25) is 0 Å². The molecule has 0 aliphatic heterocycles. The van der Waals surface area contributed by atoms with Crippen LogP contribution in [0.1, 0.15) is 44.4 Å². The van der Waals surface area contributed by atoms with Crippen LogP contribution < -0.4 is 5.73 Å². The van der Waals surface area contributed by atoms with Crippen LogP contribution in [-0.4, -0.2) is 18.3 Å². The Hall–Kier alpha value is -0.860. The zero-order valence-electron chi connectivity index (χ0n) is 13.0. The second-order valence-electron chi connectivity index (χ2n) is 6.76. The van der Waals surface area contributed by atoms with Crippen LogP contribution in [0.5, 0.6) is 0 Å². The van der Waals surface area contributed by atoms with E-state index in [2.05, 4.69) is 52.8 Å². The van der Waals surface area contributed by atoms with Gasteiger partial charge in [0.1, 0.15) is 0 Å². The number of hydrogen-bond donors (Lipinski definition) is 2. The number of aliphatic hydroxyl groups excluding tert-OH is 1. The van der Waals surface area contributed by atoms with Gasteiger partial charge in [-0.2, -0.15) is 0 Å². The van der Waals surface area contributed by atoms with E-state index in [0.29, 0.717) is 12.5 Å². The van der Waals surface area contributed by atoms with Crippen molar-refractivity contribution in [1.29, 1.82) is 0 Å². The van der Waals surface area contributed by atoms with E-state index in [1.54, 1.807) is 0 Å². The van der Waals surface area contributed by atoms with Gasteiger partial charge in [0.15, 0.2) is 0 Å². The van der Waals surface area contributed by atoms with Gasteiger partial charge in [-0.1, -0.05) is 45.9 Å². The third-order valence-corrected chi connectivity index (χ3v) is 4.01. The largest absolute Gasteiger partial charge is 0.396 e. The number of benzene rings is 1. The van der Waals surface area contributed by atoms with E-state index >= 15 is 0 Å². The Morgan fingerprint density at radius 2 is 1.89 bits per heavy atom. The topological polar surface area (TPSA) is 46.2 Å². The quantitative estimate of drug-likeness (QED) is 0.857. The van der Waals surface area contributed by atoms with Crippen LogP contribution in [0.15, 0.2) is 18.2 Å². The minimum Gasteiger partial charge on any atom is -0.396 e. The van der Waals surface area contributed by atoms with E-state index in [1.165, 1.54) is 16.7 Å². The van der Waals surface area contributed by atoms with Gasteiger partial charge in [0.25, 0.3) is 0 Å². The van der Waals surface area contributed by atoms with E-state index in [1.807, 2.05) is 0 Å². The molecule has 0 radical (unpaired) electrons. The zero-order valence-corrected chi connectivity index (χ0v) is 13.0. The smallest absolute Gasteiger partial charge is 0.0474 e. The van der Waals surface area contributed by atoms with Gasteiger partial charge in [-0.15, -0.1) is 0 Å². The third kappa shape index (κ3) is 4.32. The third-order valence-electron chi connectivity index (χ3n) is 4.01. The first-order valence-corrected chi connectivity index (χ1v) is 7.20. The predicted octanol–water partition coefficient (Wildman–Crippen LogP) is 3.04. The van der Waals surface area contributed by atoms with Crippen molar-refractivity contribution >= 4 is 0 Å². The lowest BCUT2D eigenvalue weighted by atomic mass is 9.81. The fraction of sp³-hybridized carbons (Fsp3) is 0.647. The predicted molar refractivity (Wildman–Crippen MR) is 82.4 cm³/mol. The lowest BCUT2D eigenvalue weighted by Gasteiger charge is -2.24. The molecule has 0 saturated heterocycles. The Labute approximate surface area is 118 Å². The van der Waals surface area contributed by atoms with Crippen LogP contribution in [0.25, 0.3) is 0 Å². The van der Waals surface area contributed by atoms with Crippen molar-refractivity contribution < 1.29 is 5.11 Å². The van der Waals surface area contributed by atoms with Crippen molar-refractivity contribution in [1.82, 2.24) is 0 Å². The molecule has 1 aromatic carbocycles. The Bertz CT molecular complexity index is 402. The zero-order chi connectivity index (χ0) is 14.6. The maximum atomic E-state index is 9.32. The minimum absolute atomic E-state index is 0.174. The molecule has 1 aromatic rings. The van der Waals surface area contributed by atoms with Crippen molar-refractivity contribution in [3.63, 3.8) is 0 Å². The molecule has 19 heavy (non-hydrogen) atoms. The molecule has 0 fully saturated rings. The molecule has 0 aliphatic rings. The molecule has 1 rings (SSSR count). The van der Waals surface area contributed by atoms with Crippen molar-refractivity contribution in [2.24, 2.45) is 17.6 Å². The van der Waals surface area contributed by atoms with E-state index in [9.17, 15) is 5.11 Å². The monoisotopic (exact) mass is 263 g/mol. The number of aryl methyl sites for hydroxylation is 1. The Kier molecular flexibility index (Phi) is 5.57. The summed E-state index contributed by atoms with van der Waals surface area (Å²) >= 11 is 0. The first kappa shape index (κ1) is 16.2. The first-order chi connectivity index (χ1) is 8.79. The van der Waals surface area contributed by atoms with Gasteiger partial charge in [0.05, 0.1) is 0 Å². The highest BCUT2D eigenvalue weighted by Gasteiger charge is 2.19. The maximum absolute atomic E-state index is 9.32. The molecule has 0 bridgehead atoms. The highest BCUT2D eigenvalue weighted by molar-refractivity contribution is 5.36. The molecule has 0 aliphatic carbocycles. The summed E-state index contributed by atoms with van der Waals surface area (Å²) < 4.78 is 0. The van der Waals surface area contributed by atoms with Crippen LogP contribution in [0.4, 0.5) is 0 Å². The van der Waals surface area contributed by atoms with E-state index in [4.69, 9.17) is 5.73 Å². The summed E-state index contributed by atoms with van der Waals surface area (Å²) in [6.45, 7) is 11.8. The summed E-state index contributed by atoms with van der Waals surface area (Å²) in [7, 11) is 0. The van der Waals surface area contributed by atoms with Crippen molar-refractivity contribution in [2.45, 2.75) is 46.5 Å². The van der Waals surface area contributed by atoms with Crippen LogP contribution in [0.3, 0.4) is 0 Å². The molecule has 108 valence electrons. The fourth-order valence-corrected chi connectivity index (χ4v) is 2.63. The molecule has 2 nitrogen and oxygen atoms in total. The molecule has 3 N–H and O–H groups in total. The van der Waals surface area contributed by atoms with Crippen LogP contribution in [0, 0.1) is 18.8 Å². The second-order valence-corrected chi connectivity index (χ2v) is 6.76. The molecule has 2 atom stereocenters. The number of rotatable bonds is 5. The van der Waals surface area contributed by atoms with Crippen molar-refractivity contribution in [2.75, 3.05) is 13.2 Å². The highest BCUT2D eigenvalue weighted by atomic mass is 16.3. The lowest BCUT2D eigenvalue weighted by molar-refractivity contribution is 0.187. The first-order valence-electron chi connectivity index (χ1n) is 7.20. The normalized spacial score (nSPS) is 15.3. The Morgan fingerprint density at radius 3 is 2.37 bits per heavy atom. The molecule has 0 aromatic heterocycles. The maximum Gasteiger partial charge on any atom is 0.0474 e. The van der Waals surface area contributed by atoms with Crippen LogP contribution in [-0.2, 0) is 11.8 Å². The van der Waals surface area contributed by atoms with Gasteiger partial charge >= 0.3 is 0 Å². The minimum atomic E-state index is 0.174. The van der Waals surface area contributed by atoms with E-state index in [-0.39, 0.29) is 17.9 Å². The average molecular weight is 263 g/mol. The molecule has 0 amide bonds. The second kappa shape index (κ2) is 6.53. The Balaban J connectivity index is 2.91. The Morgan fingerprint density at radius 1 is 1.26 bits per heavy atom. The highest BCUT2D eigenvalue weighted by Crippen LogP contribution is 2.28. The number of aliphatic hydroxyl groups is 1. The van der Waals surface area contributed by atoms with Gasteiger partial charge in [-0.05, 0) is 53.8 Å². The van der Waals surface area contributed by atoms with Crippen LogP contribution >= 0.6 is 0 Å². The molecule has 0 spiro atoms. The molecule has 0 saturated carbocycles. The molecule has 2 unspecified atom stereocenters. The van der Waals surface area contributed by atoms with E-state index in [0.717, 1.165) is 6.42 Å². The SMILES string of the molecule is Cc1ccc(CC(C)C(CN)CO)cc1C(C)(C)C. The van der Waals surface area contributed by atoms with E-state index < -0.39 is 0 Å². The average Bonchev–Trinajstić information content (AvgIpc) is 2.31. The lowest BCUT2D eigenvalue weighted by Crippen LogP contribution is -2.26. The van der Waals surface area contributed by atoms with Gasteiger partial charge < -0.3 is 10.8 Å². The summed E-state index contributed by atoms with van der Waals surface area (Å²) in [6, 6.07) is 6.72. The van der Waals surface area contributed by atoms with Crippen molar-refractivity contribution in [3.8, 4) is 0 Å². The van der Waals surface area contributed by atoms with Gasteiger partial charge in [-0.3, -0.25) is 0 Å². The molecule has 2 heteroatoms. The standard InChI is InChI=1S/C17H29NO/c1-12-6-7-14(9-16(12)17(3,4)5)8-13(2)15(10-18)11-19/h6-7,9,13,15,19H,8,10-11,18H2,1-5H3. The molecule has 0 heterocycles. The van der Waals surface area contributed by atoms with Gasteiger partial charge in [-0.25, -0.2) is 0 Å². The van der Waals surface area contributed by atoms with Crippen molar-refractivity contribution in [3.05, 3.63) is 34.9 Å². The summed E-state index contributed by atoms with van der Waals surface area (Å²) in [5.74, 6) is 0.602. The number of hydrogen-bond acceptors (Lipinski definition) is 2. The summed E-state index contributed by atoms with van der Waals surface area (Å²) in [5, 5.41) is 9.32. The molecular weight excluding hydrogens is 234 g/mol. The molecular formula is C17H29NO. The van der Waals surface area contributed by atoms with Crippen LogP contribution in [0.2, 0.25) is 0 Å². The summed E-state index contributed by atoms with van der Waals surface area (Å²) in [4.78, 5) is 0.